The van der Waals surface area contributed by atoms with Crippen molar-refractivity contribution in [1.29, 1.82) is 0 Å². The standard InChI is InChI=1S/C82H53N7/c1-53-21-15-16-30-62(53)67-51-82(89-79-45-41-60(74-37-19-33-70(86-74)56-26-11-5-12-27-56)49-65(79)66-50-61(42-46-80(66)89)75-38-20-34-71(87-75)57-28-13-6-14-29-57)76(83-2)52-81(67)88-77-43-39-58(72-35-17-31-68(84-72)54-22-7-3-8-23-54)47-63(77)64-48-59(40-44-78(64)88)73-36-18-32-69(85-73)55-24-9-4-10-25-55/h3-52H,1H3. The number of aromatic nitrogens is 6. The van der Waals surface area contributed by atoms with Gasteiger partial charge < -0.3 is 9.13 Å². The van der Waals surface area contributed by atoms with Crippen LogP contribution in [0.1, 0.15) is 5.56 Å². The number of pyridine rings is 4. The van der Waals surface area contributed by atoms with E-state index in [0.29, 0.717) is 5.69 Å². The summed E-state index contributed by atoms with van der Waals surface area (Å²) in [5.74, 6) is 0. The van der Waals surface area contributed by atoms with Gasteiger partial charge in [-0.1, -0.05) is 194 Å². The number of rotatable bonds is 11. The predicted octanol–water partition coefficient (Wildman–Crippen LogP) is 21.3. The van der Waals surface area contributed by atoms with E-state index in [4.69, 9.17) is 19.9 Å². The van der Waals surface area contributed by atoms with Gasteiger partial charge in [-0.2, -0.15) is 0 Å². The van der Waals surface area contributed by atoms with Gasteiger partial charge >= 0.3 is 0 Å². The molecule has 0 atom stereocenters. The zero-order chi connectivity index (χ0) is 59.4. The quantitative estimate of drug-likeness (QED) is 0.121. The molecule has 7 heteroatoms. The minimum atomic E-state index is 0.505. The Hall–Kier alpha value is -12.1. The van der Waals surface area contributed by atoms with E-state index in [2.05, 4.69) is 251 Å². The maximum absolute atomic E-state index is 9.22. The van der Waals surface area contributed by atoms with E-state index >= 15 is 0 Å². The molecule has 10 aromatic carbocycles. The van der Waals surface area contributed by atoms with Crippen molar-refractivity contribution in [2.75, 3.05) is 0 Å². The molecule has 0 unspecified atom stereocenters. The summed E-state index contributed by atoms with van der Waals surface area (Å²) in [7, 11) is 0. The van der Waals surface area contributed by atoms with Gasteiger partial charge in [0.1, 0.15) is 0 Å². The SMILES string of the molecule is [C-]#[N+]c1cc(-n2c3ccc(-c4cccc(-c5ccccc5)n4)cc3c3cc(-c4cccc(-c5ccccc5)n4)ccc32)c(-c2ccccc2C)cc1-n1c2ccc(-c3cccc(-c4ccccc4)n3)cc2c2cc(-c3cccc(-c4ccccc4)n3)ccc21. The van der Waals surface area contributed by atoms with Crippen molar-refractivity contribution >= 4 is 49.3 Å². The lowest BCUT2D eigenvalue weighted by atomic mass is 9.97. The molecule has 0 N–H and O–H groups in total. The van der Waals surface area contributed by atoms with E-state index in [9.17, 15) is 6.57 Å². The normalized spacial score (nSPS) is 11.4. The van der Waals surface area contributed by atoms with E-state index < -0.39 is 0 Å². The third-order valence-electron chi connectivity index (χ3n) is 17.1. The highest BCUT2D eigenvalue weighted by atomic mass is 15.0. The van der Waals surface area contributed by atoms with Crippen LogP contribution in [0, 0.1) is 13.5 Å². The second kappa shape index (κ2) is 22.1. The van der Waals surface area contributed by atoms with E-state index in [1.165, 1.54) is 0 Å². The van der Waals surface area contributed by atoms with Crippen LogP contribution < -0.4 is 0 Å². The molecule has 0 bridgehead atoms. The van der Waals surface area contributed by atoms with Gasteiger partial charge in [-0.05, 0) is 127 Å². The first-order valence-corrected chi connectivity index (χ1v) is 29.9. The molecule has 0 radical (unpaired) electrons. The molecule has 16 aromatic rings. The van der Waals surface area contributed by atoms with Gasteiger partial charge in [0.05, 0.1) is 79.9 Å². The molecular formula is C82H53N7. The maximum Gasteiger partial charge on any atom is 0.212 e. The van der Waals surface area contributed by atoms with Crippen LogP contribution in [0.15, 0.2) is 303 Å². The fourth-order valence-electron chi connectivity index (χ4n) is 12.8. The third-order valence-corrected chi connectivity index (χ3v) is 17.1. The first-order chi connectivity index (χ1) is 44.0. The molecule has 0 aliphatic carbocycles. The Balaban J connectivity index is 0.924. The Labute approximate surface area is 515 Å². The second-order valence-electron chi connectivity index (χ2n) is 22.5. The second-order valence-corrected chi connectivity index (χ2v) is 22.5. The average Bonchev–Trinajstić information content (AvgIpc) is 1.63. The summed E-state index contributed by atoms with van der Waals surface area (Å²) >= 11 is 0. The molecular weight excluding hydrogens is 1080 g/mol. The van der Waals surface area contributed by atoms with Crippen molar-refractivity contribution in [3.8, 4) is 113 Å². The molecule has 416 valence electrons. The first kappa shape index (κ1) is 52.4. The van der Waals surface area contributed by atoms with Crippen LogP contribution in [0.2, 0.25) is 0 Å². The van der Waals surface area contributed by atoms with E-state index in [0.717, 1.165) is 162 Å². The molecule has 16 rings (SSSR count). The zero-order valence-corrected chi connectivity index (χ0v) is 48.5. The highest BCUT2D eigenvalue weighted by Gasteiger charge is 2.25. The zero-order valence-electron chi connectivity index (χ0n) is 48.5. The maximum atomic E-state index is 9.22. The fraction of sp³-hybridized carbons (Fsp3) is 0.0122. The van der Waals surface area contributed by atoms with E-state index in [1.807, 2.05) is 72.8 Å². The molecule has 89 heavy (non-hydrogen) atoms. The minimum Gasteiger partial charge on any atom is -0.319 e. The number of fused-ring (bicyclic) bond motifs is 6. The lowest BCUT2D eigenvalue weighted by Crippen LogP contribution is -2.02. The van der Waals surface area contributed by atoms with Crippen molar-refractivity contribution < 1.29 is 0 Å². The van der Waals surface area contributed by atoms with E-state index in [1.54, 1.807) is 0 Å². The van der Waals surface area contributed by atoms with Crippen LogP contribution >= 0.6 is 0 Å². The van der Waals surface area contributed by atoms with Gasteiger partial charge in [0.2, 0.25) is 5.69 Å². The summed E-state index contributed by atoms with van der Waals surface area (Å²) in [5.41, 5.74) is 24.6. The summed E-state index contributed by atoms with van der Waals surface area (Å²) in [6, 6.07) is 106. The van der Waals surface area contributed by atoms with Gasteiger partial charge in [-0.25, -0.2) is 24.8 Å². The van der Waals surface area contributed by atoms with Gasteiger partial charge in [-0.3, -0.25) is 0 Å². The molecule has 6 aromatic heterocycles. The smallest absolute Gasteiger partial charge is 0.212 e. The van der Waals surface area contributed by atoms with Crippen LogP contribution in [0.4, 0.5) is 5.69 Å². The number of hydrogen-bond donors (Lipinski definition) is 0. The molecule has 7 nitrogen and oxygen atoms in total. The topological polar surface area (TPSA) is 65.8 Å². The van der Waals surface area contributed by atoms with Crippen LogP contribution in [0.5, 0.6) is 0 Å². The Kier molecular flexibility index (Phi) is 13.0. The van der Waals surface area contributed by atoms with Gasteiger partial charge in [0, 0.05) is 77.3 Å². The van der Waals surface area contributed by atoms with Crippen molar-refractivity contribution in [2.45, 2.75) is 6.92 Å². The first-order valence-electron chi connectivity index (χ1n) is 29.9. The van der Waals surface area contributed by atoms with E-state index in [-0.39, 0.29) is 0 Å². The summed E-state index contributed by atoms with van der Waals surface area (Å²) < 4.78 is 4.65. The highest BCUT2D eigenvalue weighted by molar-refractivity contribution is 6.14. The molecule has 0 aliphatic rings. The van der Waals surface area contributed by atoms with Crippen LogP contribution in [-0.2, 0) is 0 Å². The largest absolute Gasteiger partial charge is 0.319 e. The van der Waals surface area contributed by atoms with Crippen LogP contribution in [0.25, 0.3) is 161 Å². The number of benzene rings is 10. The summed E-state index contributed by atoms with van der Waals surface area (Å²) in [5, 5.41) is 4.17. The van der Waals surface area contributed by atoms with Gasteiger partial charge in [0.25, 0.3) is 0 Å². The minimum absolute atomic E-state index is 0.505. The lowest BCUT2D eigenvalue weighted by Gasteiger charge is -2.20. The van der Waals surface area contributed by atoms with Crippen molar-refractivity contribution in [2.24, 2.45) is 0 Å². The Morgan fingerprint density at radius 1 is 0.258 bits per heavy atom. The highest BCUT2D eigenvalue weighted by Crippen LogP contribution is 2.46. The Morgan fingerprint density at radius 3 is 0.865 bits per heavy atom. The molecule has 6 heterocycles. The van der Waals surface area contributed by atoms with Gasteiger partial charge in [-0.15, -0.1) is 0 Å². The number of hydrogen-bond acceptors (Lipinski definition) is 4. The average molecular weight is 1140 g/mol. The monoisotopic (exact) mass is 1140 g/mol. The number of aryl methyl sites for hydroxylation is 1. The summed E-state index contributed by atoms with van der Waals surface area (Å²) in [6.45, 7) is 11.4. The lowest BCUT2D eigenvalue weighted by molar-refractivity contribution is 1.15. The summed E-state index contributed by atoms with van der Waals surface area (Å²) in [6.07, 6.45) is 0. The molecule has 0 saturated carbocycles. The van der Waals surface area contributed by atoms with Gasteiger partial charge in [0.15, 0.2) is 0 Å². The van der Waals surface area contributed by atoms with Crippen LogP contribution in [-0.4, -0.2) is 29.1 Å². The fourth-order valence-corrected chi connectivity index (χ4v) is 12.8. The molecule has 0 aliphatic heterocycles. The third kappa shape index (κ3) is 9.50. The predicted molar refractivity (Wildman–Crippen MR) is 366 cm³/mol. The Morgan fingerprint density at radius 2 is 0.551 bits per heavy atom. The molecule has 0 fully saturated rings. The molecule has 0 saturated heterocycles. The summed E-state index contributed by atoms with van der Waals surface area (Å²) in [4.78, 5) is 25.4. The van der Waals surface area contributed by atoms with Crippen molar-refractivity contribution in [1.82, 2.24) is 29.1 Å². The number of nitrogens with zero attached hydrogens (tertiary/aromatic N) is 7. The molecule has 0 amide bonds. The molecule has 0 spiro atoms. The van der Waals surface area contributed by atoms with Crippen molar-refractivity contribution in [3.63, 3.8) is 0 Å². The van der Waals surface area contributed by atoms with Crippen molar-refractivity contribution in [3.05, 3.63) is 320 Å². The Bertz CT molecular complexity index is 5170. The van der Waals surface area contributed by atoms with Crippen LogP contribution in [0.3, 0.4) is 0 Å².